The van der Waals surface area contributed by atoms with Gasteiger partial charge in [-0.3, -0.25) is 9.78 Å². The van der Waals surface area contributed by atoms with E-state index >= 15 is 0 Å². The second-order valence-corrected chi connectivity index (χ2v) is 4.71. The summed E-state index contributed by atoms with van der Waals surface area (Å²) in [6.07, 6.45) is 3.32. The molecule has 3 rings (SSSR count). The maximum atomic E-state index is 13.9. The van der Waals surface area contributed by atoms with Crippen LogP contribution < -0.4 is 0 Å². The van der Waals surface area contributed by atoms with Crippen molar-refractivity contribution in [2.45, 2.75) is 6.92 Å². The van der Waals surface area contributed by atoms with E-state index < -0.39 is 5.82 Å². The number of carbonyl (C=O) groups is 1. The lowest BCUT2D eigenvalue weighted by molar-refractivity contribution is 0.103. The highest BCUT2D eigenvalue weighted by Gasteiger charge is 2.16. The molecule has 0 N–H and O–H groups in total. The molecule has 0 saturated heterocycles. The monoisotopic (exact) mass is 265 g/mol. The van der Waals surface area contributed by atoms with Crippen LogP contribution in [0, 0.1) is 12.7 Å². The summed E-state index contributed by atoms with van der Waals surface area (Å²) >= 11 is 0. The topological polar surface area (TPSA) is 30.0 Å². The van der Waals surface area contributed by atoms with Gasteiger partial charge in [0.2, 0.25) is 0 Å². The first-order valence-electron chi connectivity index (χ1n) is 6.30. The fourth-order valence-corrected chi connectivity index (χ4v) is 2.28. The zero-order chi connectivity index (χ0) is 14.1. The molecule has 0 amide bonds. The average Bonchev–Trinajstić information content (AvgIpc) is 2.48. The average molecular weight is 265 g/mol. The van der Waals surface area contributed by atoms with Crippen LogP contribution in [0.2, 0.25) is 0 Å². The van der Waals surface area contributed by atoms with Crippen LogP contribution in [-0.2, 0) is 0 Å². The van der Waals surface area contributed by atoms with E-state index in [1.54, 1.807) is 42.7 Å². The van der Waals surface area contributed by atoms with Crippen LogP contribution in [0.4, 0.5) is 4.39 Å². The molecule has 0 fully saturated rings. The Hall–Kier alpha value is -2.55. The van der Waals surface area contributed by atoms with Crippen molar-refractivity contribution < 1.29 is 9.18 Å². The lowest BCUT2D eigenvalue weighted by Crippen LogP contribution is -2.05. The van der Waals surface area contributed by atoms with Crippen LogP contribution in [-0.4, -0.2) is 10.8 Å². The number of carbonyl (C=O) groups excluding carboxylic acids is 1. The first-order chi connectivity index (χ1) is 9.66. The van der Waals surface area contributed by atoms with Crippen molar-refractivity contribution in [1.29, 1.82) is 0 Å². The Bertz CT molecular complexity index is 806. The van der Waals surface area contributed by atoms with Crippen LogP contribution in [0.25, 0.3) is 10.8 Å². The van der Waals surface area contributed by atoms with Crippen LogP contribution >= 0.6 is 0 Å². The molecule has 20 heavy (non-hydrogen) atoms. The number of aromatic nitrogens is 1. The summed E-state index contributed by atoms with van der Waals surface area (Å²) in [7, 11) is 0. The number of rotatable bonds is 2. The molecule has 0 saturated carbocycles. The maximum Gasteiger partial charge on any atom is 0.196 e. The van der Waals surface area contributed by atoms with Gasteiger partial charge in [0.25, 0.3) is 0 Å². The minimum Gasteiger partial charge on any atom is -0.288 e. The molecule has 98 valence electrons. The minimum absolute atomic E-state index is 0.106. The van der Waals surface area contributed by atoms with E-state index in [-0.39, 0.29) is 11.3 Å². The number of fused-ring (bicyclic) bond motifs is 1. The van der Waals surface area contributed by atoms with E-state index in [2.05, 4.69) is 4.98 Å². The number of nitrogens with zero attached hydrogens (tertiary/aromatic N) is 1. The third kappa shape index (κ3) is 2.07. The summed E-state index contributed by atoms with van der Waals surface area (Å²) in [6.45, 7) is 1.84. The van der Waals surface area contributed by atoms with Crippen LogP contribution in [0.15, 0.2) is 54.9 Å². The van der Waals surface area contributed by atoms with Gasteiger partial charge >= 0.3 is 0 Å². The van der Waals surface area contributed by atoms with E-state index in [1.807, 2.05) is 13.0 Å². The number of benzene rings is 2. The minimum atomic E-state index is -0.494. The quantitative estimate of drug-likeness (QED) is 0.657. The molecular formula is C17H12FNO. The first-order valence-corrected chi connectivity index (χ1v) is 6.30. The molecule has 0 atom stereocenters. The van der Waals surface area contributed by atoms with E-state index in [4.69, 9.17) is 0 Å². The molecule has 0 spiro atoms. The molecule has 1 heterocycles. The highest BCUT2D eigenvalue weighted by atomic mass is 19.1. The Kier molecular flexibility index (Phi) is 3.03. The molecule has 3 aromatic rings. The third-order valence-corrected chi connectivity index (χ3v) is 3.29. The van der Waals surface area contributed by atoms with E-state index in [0.717, 1.165) is 16.3 Å². The molecule has 0 unspecified atom stereocenters. The maximum absolute atomic E-state index is 13.9. The van der Waals surface area contributed by atoms with Gasteiger partial charge in [-0.1, -0.05) is 29.8 Å². The second kappa shape index (κ2) is 4.85. The summed E-state index contributed by atoms with van der Waals surface area (Å²) in [5.74, 6) is -0.797. The van der Waals surface area contributed by atoms with Crippen molar-refractivity contribution >= 4 is 16.6 Å². The zero-order valence-corrected chi connectivity index (χ0v) is 10.9. The van der Waals surface area contributed by atoms with Gasteiger partial charge < -0.3 is 0 Å². The summed E-state index contributed by atoms with van der Waals surface area (Å²) in [4.78, 5) is 16.6. The molecular weight excluding hydrogens is 253 g/mol. The SMILES string of the molecule is Cc1ccc(F)c(C(=O)c2cccc3cnccc23)c1. The fraction of sp³-hybridized carbons (Fsp3) is 0.0588. The largest absolute Gasteiger partial charge is 0.288 e. The molecule has 0 aliphatic rings. The van der Waals surface area contributed by atoms with Gasteiger partial charge in [0.15, 0.2) is 5.78 Å². The lowest BCUT2D eigenvalue weighted by atomic mass is 9.97. The number of pyridine rings is 1. The predicted octanol–water partition coefficient (Wildman–Crippen LogP) is 3.91. The van der Waals surface area contributed by atoms with Gasteiger partial charge in [-0.15, -0.1) is 0 Å². The Morgan fingerprint density at radius 3 is 2.80 bits per heavy atom. The zero-order valence-electron chi connectivity index (χ0n) is 10.9. The summed E-state index contributed by atoms with van der Waals surface area (Å²) in [5.41, 5.74) is 1.46. The Morgan fingerprint density at radius 1 is 1.10 bits per heavy atom. The van der Waals surface area contributed by atoms with Gasteiger partial charge in [-0.05, 0) is 30.5 Å². The van der Waals surface area contributed by atoms with Gasteiger partial charge in [0.1, 0.15) is 5.82 Å². The lowest BCUT2D eigenvalue weighted by Gasteiger charge is -2.07. The Morgan fingerprint density at radius 2 is 1.95 bits per heavy atom. The molecule has 0 aliphatic heterocycles. The molecule has 1 aromatic heterocycles. The smallest absolute Gasteiger partial charge is 0.196 e. The molecule has 2 aromatic carbocycles. The van der Waals surface area contributed by atoms with Crippen molar-refractivity contribution in [3.05, 3.63) is 77.4 Å². The number of aryl methyl sites for hydroxylation is 1. The fourth-order valence-electron chi connectivity index (χ4n) is 2.28. The highest BCUT2D eigenvalue weighted by molar-refractivity contribution is 6.16. The Balaban J connectivity index is 2.20. The summed E-state index contributed by atoms with van der Waals surface area (Å²) in [6, 6.07) is 11.7. The van der Waals surface area contributed by atoms with Gasteiger partial charge in [-0.25, -0.2) is 4.39 Å². The molecule has 0 radical (unpaired) electrons. The van der Waals surface area contributed by atoms with Gasteiger partial charge in [-0.2, -0.15) is 0 Å². The van der Waals surface area contributed by atoms with E-state index in [0.29, 0.717) is 5.56 Å². The van der Waals surface area contributed by atoms with Crippen molar-refractivity contribution in [3.63, 3.8) is 0 Å². The third-order valence-electron chi connectivity index (χ3n) is 3.29. The van der Waals surface area contributed by atoms with Crippen molar-refractivity contribution in [2.24, 2.45) is 0 Å². The van der Waals surface area contributed by atoms with Gasteiger partial charge in [0.05, 0.1) is 5.56 Å². The summed E-state index contributed by atoms with van der Waals surface area (Å²) < 4.78 is 13.9. The van der Waals surface area contributed by atoms with Crippen LogP contribution in [0.1, 0.15) is 21.5 Å². The molecule has 0 aliphatic carbocycles. The second-order valence-electron chi connectivity index (χ2n) is 4.71. The van der Waals surface area contributed by atoms with E-state index in [9.17, 15) is 9.18 Å². The van der Waals surface area contributed by atoms with Crippen LogP contribution in [0.3, 0.4) is 0 Å². The van der Waals surface area contributed by atoms with Crippen LogP contribution in [0.5, 0.6) is 0 Å². The normalized spacial score (nSPS) is 10.7. The Labute approximate surface area is 115 Å². The predicted molar refractivity (Wildman–Crippen MR) is 76.3 cm³/mol. The standard InChI is InChI=1S/C17H12FNO/c1-11-5-6-16(18)15(9-11)17(20)14-4-2-3-12-10-19-8-7-13(12)14/h2-10H,1H3. The number of hydrogen-bond donors (Lipinski definition) is 0. The van der Waals surface area contributed by atoms with Crippen molar-refractivity contribution in [1.82, 2.24) is 4.98 Å². The number of halogens is 1. The molecule has 0 bridgehead atoms. The van der Waals surface area contributed by atoms with Gasteiger partial charge in [0, 0.05) is 23.3 Å². The number of hydrogen-bond acceptors (Lipinski definition) is 2. The van der Waals surface area contributed by atoms with Crippen molar-refractivity contribution in [2.75, 3.05) is 0 Å². The molecule has 3 heteroatoms. The highest BCUT2D eigenvalue weighted by Crippen LogP contribution is 2.22. The summed E-state index contributed by atoms with van der Waals surface area (Å²) in [5, 5.41) is 1.65. The van der Waals surface area contributed by atoms with Crippen molar-refractivity contribution in [3.8, 4) is 0 Å². The number of ketones is 1. The van der Waals surface area contributed by atoms with E-state index in [1.165, 1.54) is 6.07 Å². The molecule has 2 nitrogen and oxygen atoms in total. The first kappa shape index (κ1) is 12.5.